The van der Waals surface area contributed by atoms with Gasteiger partial charge in [-0.3, -0.25) is 0 Å². The molecule has 0 fully saturated rings. The van der Waals surface area contributed by atoms with Gasteiger partial charge < -0.3 is 5.73 Å². The van der Waals surface area contributed by atoms with Gasteiger partial charge in [-0.25, -0.2) is 0 Å². The largest absolute Gasteiger partial charge is 0.399 e. The lowest BCUT2D eigenvalue weighted by atomic mass is 10.1. The Bertz CT molecular complexity index is 703. The second kappa shape index (κ2) is 5.29. The van der Waals surface area contributed by atoms with Gasteiger partial charge in [0.1, 0.15) is 0 Å². The second-order valence-corrected chi connectivity index (χ2v) is 5.95. The molecule has 0 saturated heterocycles. The summed E-state index contributed by atoms with van der Waals surface area (Å²) in [5.74, 6) is 0.660. The Kier molecular flexibility index (Phi) is 3.47. The van der Waals surface area contributed by atoms with E-state index >= 15 is 0 Å². The van der Waals surface area contributed by atoms with Gasteiger partial charge in [0, 0.05) is 15.7 Å². The topological polar surface area (TPSA) is 69.6 Å². The van der Waals surface area contributed by atoms with Crippen LogP contribution in [-0.2, 0) is 0 Å². The molecule has 0 unspecified atom stereocenters. The Hall–Kier alpha value is -2.21. The molecule has 0 bridgehead atoms. The number of aromatic nitrogens is 4. The number of nitrogens with two attached hydrogens (primary N) is 1. The summed E-state index contributed by atoms with van der Waals surface area (Å²) in [6.07, 6.45) is 0. The summed E-state index contributed by atoms with van der Waals surface area (Å²) in [4.78, 5) is 0. The van der Waals surface area contributed by atoms with E-state index in [2.05, 4.69) is 51.4 Å². The highest BCUT2D eigenvalue weighted by Gasteiger charge is 2.12. The van der Waals surface area contributed by atoms with Crippen LogP contribution in [0, 0.1) is 13.8 Å². The number of hydrogen-bond acceptors (Lipinski definition) is 4. The second-order valence-electron chi connectivity index (χ2n) is 5.03. The van der Waals surface area contributed by atoms with E-state index in [-0.39, 0.29) is 0 Å². The van der Waals surface area contributed by atoms with Crippen molar-refractivity contribution in [2.45, 2.75) is 13.8 Å². The molecule has 2 aromatic carbocycles. The first-order valence-electron chi connectivity index (χ1n) is 6.46. The smallest absolute Gasteiger partial charge is 0.187 e. The van der Waals surface area contributed by atoms with Gasteiger partial charge in [-0.05, 0) is 65.7 Å². The Morgan fingerprint density at radius 3 is 2.38 bits per heavy atom. The third-order valence-electron chi connectivity index (χ3n) is 3.10. The lowest BCUT2D eigenvalue weighted by Gasteiger charge is -2.08. The molecule has 0 aliphatic carbocycles. The number of anilines is 1. The van der Waals surface area contributed by atoms with Gasteiger partial charge in [-0.15, -0.1) is 5.10 Å². The summed E-state index contributed by atoms with van der Waals surface area (Å²) in [6.45, 7) is 4.11. The molecule has 0 aliphatic rings. The summed E-state index contributed by atoms with van der Waals surface area (Å²) >= 11 is 3.44. The highest BCUT2D eigenvalue weighted by molar-refractivity contribution is 9.10. The predicted molar refractivity (Wildman–Crippen MR) is 86.2 cm³/mol. The van der Waals surface area contributed by atoms with E-state index in [0.717, 1.165) is 15.7 Å². The van der Waals surface area contributed by atoms with Gasteiger partial charge in [-0.2, -0.15) is 4.68 Å². The van der Waals surface area contributed by atoms with Crippen LogP contribution in [0.5, 0.6) is 0 Å². The average Bonchev–Trinajstić information content (AvgIpc) is 2.85. The Balaban J connectivity index is 2.16. The number of nitrogen functional groups attached to an aromatic ring is 1. The van der Waals surface area contributed by atoms with Crippen LogP contribution in [0.2, 0.25) is 0 Å². The van der Waals surface area contributed by atoms with Crippen molar-refractivity contribution in [1.29, 1.82) is 0 Å². The van der Waals surface area contributed by atoms with Crippen LogP contribution in [0.1, 0.15) is 11.1 Å². The number of rotatable bonds is 2. The lowest BCUT2D eigenvalue weighted by molar-refractivity contribution is 0.790. The molecule has 3 aromatic rings. The highest BCUT2D eigenvalue weighted by atomic mass is 79.9. The minimum absolute atomic E-state index is 0.660. The predicted octanol–water partition coefficient (Wildman–Crippen LogP) is 3.29. The first-order chi connectivity index (χ1) is 10.0. The zero-order valence-corrected chi connectivity index (χ0v) is 13.3. The van der Waals surface area contributed by atoms with E-state index in [1.54, 1.807) is 4.68 Å². The van der Waals surface area contributed by atoms with Gasteiger partial charge in [0.2, 0.25) is 0 Å². The van der Waals surface area contributed by atoms with E-state index in [1.165, 1.54) is 11.1 Å². The minimum atomic E-state index is 0.660. The van der Waals surface area contributed by atoms with Crippen molar-refractivity contribution in [1.82, 2.24) is 20.2 Å². The van der Waals surface area contributed by atoms with Crippen LogP contribution >= 0.6 is 15.9 Å². The normalized spacial score (nSPS) is 10.8. The molecule has 0 aliphatic heterocycles. The number of aryl methyl sites for hydroxylation is 2. The fraction of sp³-hybridized carbons (Fsp3) is 0.133. The average molecular weight is 344 g/mol. The molecule has 0 saturated carbocycles. The molecule has 0 amide bonds. The molecule has 2 N–H and O–H groups in total. The van der Waals surface area contributed by atoms with Crippen molar-refractivity contribution in [3.8, 4) is 17.1 Å². The van der Waals surface area contributed by atoms with E-state index in [9.17, 15) is 0 Å². The van der Waals surface area contributed by atoms with Gasteiger partial charge in [0.05, 0.1) is 5.69 Å². The maximum absolute atomic E-state index is 5.89. The molecule has 0 atom stereocenters. The standard InChI is InChI=1S/C15H14BrN5/c1-9-3-10(2)5-14(4-9)21-15(18-19-20-21)11-6-12(16)8-13(17)7-11/h3-8H,17H2,1-2H3. The van der Waals surface area contributed by atoms with Crippen LogP contribution in [0.3, 0.4) is 0 Å². The summed E-state index contributed by atoms with van der Waals surface area (Å²) in [6, 6.07) is 11.9. The first kappa shape index (κ1) is 13.8. The van der Waals surface area contributed by atoms with Gasteiger partial charge >= 0.3 is 0 Å². The van der Waals surface area contributed by atoms with Crippen molar-refractivity contribution in [3.63, 3.8) is 0 Å². The van der Waals surface area contributed by atoms with E-state index < -0.39 is 0 Å². The highest BCUT2D eigenvalue weighted by Crippen LogP contribution is 2.26. The van der Waals surface area contributed by atoms with Gasteiger partial charge in [-0.1, -0.05) is 22.0 Å². The molecule has 3 rings (SSSR count). The third-order valence-corrected chi connectivity index (χ3v) is 3.56. The molecule has 1 heterocycles. The SMILES string of the molecule is Cc1cc(C)cc(-n2nnnc2-c2cc(N)cc(Br)c2)c1. The molecular weight excluding hydrogens is 330 g/mol. The molecule has 0 radical (unpaired) electrons. The van der Waals surface area contributed by atoms with Crippen molar-refractivity contribution in [3.05, 3.63) is 52.0 Å². The monoisotopic (exact) mass is 343 g/mol. The fourth-order valence-corrected chi connectivity index (χ4v) is 2.87. The maximum atomic E-state index is 5.89. The molecule has 0 spiro atoms. The number of hydrogen-bond donors (Lipinski definition) is 1. The van der Waals surface area contributed by atoms with E-state index in [0.29, 0.717) is 11.5 Å². The van der Waals surface area contributed by atoms with Gasteiger partial charge in [0.15, 0.2) is 5.82 Å². The van der Waals surface area contributed by atoms with E-state index in [4.69, 9.17) is 5.73 Å². The number of nitrogens with zero attached hydrogens (tertiary/aromatic N) is 4. The summed E-state index contributed by atoms with van der Waals surface area (Å²) in [7, 11) is 0. The Morgan fingerprint density at radius 2 is 1.71 bits per heavy atom. The lowest BCUT2D eigenvalue weighted by Crippen LogP contribution is -2.01. The zero-order chi connectivity index (χ0) is 15.0. The summed E-state index contributed by atoms with van der Waals surface area (Å²) in [5, 5.41) is 12.0. The molecule has 6 heteroatoms. The third kappa shape index (κ3) is 2.80. The zero-order valence-electron chi connectivity index (χ0n) is 11.7. The first-order valence-corrected chi connectivity index (χ1v) is 7.26. The van der Waals surface area contributed by atoms with Gasteiger partial charge in [0.25, 0.3) is 0 Å². The van der Waals surface area contributed by atoms with Crippen LogP contribution in [0.15, 0.2) is 40.9 Å². The number of tetrazole rings is 1. The van der Waals surface area contributed by atoms with Crippen molar-refractivity contribution in [2.24, 2.45) is 0 Å². The Morgan fingerprint density at radius 1 is 1.00 bits per heavy atom. The van der Waals surface area contributed by atoms with Crippen molar-refractivity contribution in [2.75, 3.05) is 5.73 Å². The molecular formula is C15H14BrN5. The summed E-state index contributed by atoms with van der Waals surface area (Å²) in [5.41, 5.74) is 10.7. The number of benzene rings is 2. The van der Waals surface area contributed by atoms with Crippen molar-refractivity contribution < 1.29 is 0 Å². The van der Waals surface area contributed by atoms with Crippen molar-refractivity contribution >= 4 is 21.6 Å². The van der Waals surface area contributed by atoms with Crippen LogP contribution in [0.25, 0.3) is 17.1 Å². The quantitative estimate of drug-likeness (QED) is 0.725. The van der Waals surface area contributed by atoms with E-state index in [1.807, 2.05) is 30.3 Å². The molecule has 5 nitrogen and oxygen atoms in total. The number of halogens is 1. The molecule has 1 aromatic heterocycles. The maximum Gasteiger partial charge on any atom is 0.187 e. The van der Waals surface area contributed by atoms with Crippen LogP contribution < -0.4 is 5.73 Å². The fourth-order valence-electron chi connectivity index (χ4n) is 2.36. The Labute approximate surface area is 130 Å². The minimum Gasteiger partial charge on any atom is -0.399 e. The molecule has 21 heavy (non-hydrogen) atoms. The van der Waals surface area contributed by atoms with Crippen LogP contribution in [-0.4, -0.2) is 20.2 Å². The molecule has 106 valence electrons. The van der Waals surface area contributed by atoms with Crippen LogP contribution in [0.4, 0.5) is 5.69 Å². The summed E-state index contributed by atoms with van der Waals surface area (Å²) < 4.78 is 2.62.